The highest BCUT2D eigenvalue weighted by molar-refractivity contribution is 5.68. The van der Waals surface area contributed by atoms with Gasteiger partial charge in [0, 0.05) is 28.5 Å². The van der Waals surface area contributed by atoms with Crippen molar-refractivity contribution >= 4 is 0 Å². The summed E-state index contributed by atoms with van der Waals surface area (Å²) in [6, 6.07) is 31.8. The van der Waals surface area contributed by atoms with Crippen LogP contribution in [0.15, 0.2) is 97.2 Å². The second-order valence-corrected chi connectivity index (χ2v) is 11.1. The van der Waals surface area contributed by atoms with Crippen molar-refractivity contribution in [1.82, 2.24) is 19.9 Å². The van der Waals surface area contributed by atoms with Gasteiger partial charge in [-0.15, -0.1) is 0 Å². The van der Waals surface area contributed by atoms with Crippen LogP contribution < -0.4 is 0 Å². The van der Waals surface area contributed by atoms with E-state index in [2.05, 4.69) is 80.6 Å². The molecule has 0 atom stereocenters. The first-order valence-electron chi connectivity index (χ1n) is 15.7. The number of unbranched alkanes of at least 4 members (excludes halogenated alkanes) is 6. The van der Waals surface area contributed by atoms with Gasteiger partial charge in [-0.05, 0) is 48.9 Å². The molecule has 0 spiro atoms. The van der Waals surface area contributed by atoms with Gasteiger partial charge in [-0.1, -0.05) is 131 Å². The summed E-state index contributed by atoms with van der Waals surface area (Å²) in [7, 11) is 0. The van der Waals surface area contributed by atoms with Gasteiger partial charge in [0.05, 0.1) is 5.69 Å². The number of benzene rings is 3. The fraction of sp³-hybridized carbons (Fsp3) is 0.316. The van der Waals surface area contributed by atoms with E-state index in [1.54, 1.807) is 0 Å². The fourth-order valence-corrected chi connectivity index (χ4v) is 5.22. The summed E-state index contributed by atoms with van der Waals surface area (Å²) >= 11 is 0. The van der Waals surface area contributed by atoms with Crippen LogP contribution in [0.2, 0.25) is 0 Å². The van der Waals surface area contributed by atoms with Crippen LogP contribution in [0.25, 0.3) is 45.4 Å². The summed E-state index contributed by atoms with van der Waals surface area (Å²) in [5.41, 5.74) is 7.61. The Morgan fingerprint density at radius 1 is 0.429 bits per heavy atom. The molecule has 0 bridgehead atoms. The van der Waals surface area contributed by atoms with Crippen molar-refractivity contribution in [3.63, 3.8) is 0 Å². The molecule has 5 aromatic rings. The summed E-state index contributed by atoms with van der Waals surface area (Å²) in [5, 5.41) is 0. The van der Waals surface area contributed by atoms with Gasteiger partial charge >= 0.3 is 0 Å². The maximum Gasteiger partial charge on any atom is 0.165 e. The van der Waals surface area contributed by atoms with Crippen molar-refractivity contribution in [2.45, 2.75) is 78.1 Å². The van der Waals surface area contributed by atoms with Crippen molar-refractivity contribution in [3.05, 3.63) is 108 Å². The molecule has 0 aliphatic carbocycles. The zero-order chi connectivity index (χ0) is 29.0. The first-order valence-corrected chi connectivity index (χ1v) is 15.7. The Bertz CT molecular complexity index is 1440. The molecule has 0 amide bonds. The quantitative estimate of drug-likeness (QED) is 0.128. The van der Waals surface area contributed by atoms with E-state index < -0.39 is 0 Å². The lowest BCUT2D eigenvalue weighted by Gasteiger charge is -2.10. The lowest BCUT2D eigenvalue weighted by molar-refractivity contribution is 0.667. The Balaban J connectivity index is 1.44. The van der Waals surface area contributed by atoms with E-state index in [1.807, 2.05) is 30.5 Å². The second-order valence-electron chi connectivity index (χ2n) is 11.1. The average molecular weight is 555 g/mol. The van der Waals surface area contributed by atoms with E-state index in [1.165, 1.54) is 62.5 Å². The minimum Gasteiger partial charge on any atom is -0.255 e. The molecule has 2 heterocycles. The predicted octanol–water partition coefficient (Wildman–Crippen LogP) is 10.2. The molecule has 0 radical (unpaired) electrons. The zero-order valence-electron chi connectivity index (χ0n) is 25.1. The van der Waals surface area contributed by atoms with Crippen LogP contribution in [0, 0.1) is 0 Å². The van der Waals surface area contributed by atoms with Gasteiger partial charge < -0.3 is 0 Å². The van der Waals surface area contributed by atoms with Gasteiger partial charge in [0.2, 0.25) is 0 Å². The summed E-state index contributed by atoms with van der Waals surface area (Å²) in [4.78, 5) is 19.6. The molecule has 0 aliphatic rings. The number of rotatable bonds is 14. The van der Waals surface area contributed by atoms with E-state index in [4.69, 9.17) is 19.9 Å². The van der Waals surface area contributed by atoms with Gasteiger partial charge in [0.1, 0.15) is 0 Å². The predicted molar refractivity (Wildman–Crippen MR) is 175 cm³/mol. The number of pyridine rings is 1. The number of aryl methyl sites for hydroxylation is 2. The van der Waals surface area contributed by atoms with E-state index >= 15 is 0 Å². The number of hydrogen-bond acceptors (Lipinski definition) is 4. The first kappa shape index (κ1) is 29.3. The largest absolute Gasteiger partial charge is 0.255 e. The standard InChI is InChI=1S/C38H42N4/c1-3-5-7-10-14-29-18-22-32(23-19-29)36-40-37(33-24-20-30(21-25-33)15-11-8-6-4-2)42-38(41-36)34-26-27-35(39-28-34)31-16-12-9-13-17-31/h9,12-13,16-28H,3-8,10-11,14-15H2,1-2H3. The van der Waals surface area contributed by atoms with Crippen LogP contribution >= 0.6 is 0 Å². The van der Waals surface area contributed by atoms with Crippen molar-refractivity contribution < 1.29 is 0 Å². The van der Waals surface area contributed by atoms with Crippen LogP contribution in [-0.2, 0) is 12.8 Å². The minimum absolute atomic E-state index is 0.634. The lowest BCUT2D eigenvalue weighted by Crippen LogP contribution is -2.01. The molecular weight excluding hydrogens is 512 g/mol. The zero-order valence-corrected chi connectivity index (χ0v) is 25.1. The Morgan fingerprint density at radius 2 is 0.905 bits per heavy atom. The Hall–Kier alpha value is -4.18. The molecule has 0 aliphatic heterocycles. The number of aromatic nitrogens is 4. The topological polar surface area (TPSA) is 51.6 Å². The summed E-state index contributed by atoms with van der Waals surface area (Å²) in [6.45, 7) is 4.51. The molecule has 5 rings (SSSR count). The summed E-state index contributed by atoms with van der Waals surface area (Å²) in [6.07, 6.45) is 14.2. The minimum atomic E-state index is 0.634. The monoisotopic (exact) mass is 554 g/mol. The molecule has 0 saturated heterocycles. The molecule has 2 aromatic heterocycles. The molecule has 4 nitrogen and oxygen atoms in total. The van der Waals surface area contributed by atoms with Crippen molar-refractivity contribution in [1.29, 1.82) is 0 Å². The second kappa shape index (κ2) is 15.2. The van der Waals surface area contributed by atoms with Gasteiger partial charge in [0.25, 0.3) is 0 Å². The third-order valence-electron chi connectivity index (χ3n) is 7.79. The molecule has 214 valence electrons. The lowest BCUT2D eigenvalue weighted by atomic mass is 10.0. The Kier molecular flexibility index (Phi) is 10.6. The molecule has 0 N–H and O–H groups in total. The van der Waals surface area contributed by atoms with Gasteiger partial charge in [-0.2, -0.15) is 0 Å². The smallest absolute Gasteiger partial charge is 0.165 e. The first-order chi connectivity index (χ1) is 20.7. The number of hydrogen-bond donors (Lipinski definition) is 0. The van der Waals surface area contributed by atoms with Gasteiger partial charge in [-0.25, -0.2) is 15.0 Å². The molecule has 42 heavy (non-hydrogen) atoms. The SMILES string of the molecule is CCCCCCc1ccc(-c2nc(-c3ccc(CCCCCC)cc3)nc(-c3ccc(-c4ccccc4)nc3)n2)cc1. The fourth-order valence-electron chi connectivity index (χ4n) is 5.22. The van der Waals surface area contributed by atoms with Crippen LogP contribution in [0.3, 0.4) is 0 Å². The van der Waals surface area contributed by atoms with Gasteiger partial charge in [0.15, 0.2) is 17.5 Å². The molecule has 4 heteroatoms. The van der Waals surface area contributed by atoms with E-state index in [9.17, 15) is 0 Å². The molecule has 0 unspecified atom stereocenters. The molecular formula is C38H42N4. The Morgan fingerprint density at radius 3 is 1.36 bits per heavy atom. The highest BCUT2D eigenvalue weighted by Gasteiger charge is 2.13. The van der Waals surface area contributed by atoms with E-state index in [0.29, 0.717) is 17.5 Å². The van der Waals surface area contributed by atoms with E-state index in [0.717, 1.165) is 40.8 Å². The third-order valence-corrected chi connectivity index (χ3v) is 7.79. The van der Waals surface area contributed by atoms with Crippen LogP contribution in [0.4, 0.5) is 0 Å². The van der Waals surface area contributed by atoms with Crippen LogP contribution in [-0.4, -0.2) is 19.9 Å². The molecule has 0 fully saturated rings. The van der Waals surface area contributed by atoms with Crippen molar-refractivity contribution in [2.24, 2.45) is 0 Å². The van der Waals surface area contributed by atoms with Crippen molar-refractivity contribution in [3.8, 4) is 45.4 Å². The van der Waals surface area contributed by atoms with Crippen LogP contribution in [0.1, 0.15) is 76.3 Å². The normalized spacial score (nSPS) is 11.1. The van der Waals surface area contributed by atoms with Crippen molar-refractivity contribution in [2.75, 3.05) is 0 Å². The highest BCUT2D eigenvalue weighted by Crippen LogP contribution is 2.27. The Labute approximate surface area is 251 Å². The number of nitrogens with zero attached hydrogens (tertiary/aromatic N) is 4. The van der Waals surface area contributed by atoms with E-state index in [-0.39, 0.29) is 0 Å². The van der Waals surface area contributed by atoms with Crippen LogP contribution in [0.5, 0.6) is 0 Å². The summed E-state index contributed by atoms with van der Waals surface area (Å²) < 4.78 is 0. The average Bonchev–Trinajstić information content (AvgIpc) is 3.06. The highest BCUT2D eigenvalue weighted by atomic mass is 15.0. The van der Waals surface area contributed by atoms with Gasteiger partial charge in [-0.3, -0.25) is 4.98 Å². The molecule has 3 aromatic carbocycles. The maximum atomic E-state index is 4.95. The molecule has 0 saturated carbocycles. The third kappa shape index (κ3) is 7.97. The summed E-state index contributed by atoms with van der Waals surface area (Å²) in [5.74, 6) is 2.00. The maximum absolute atomic E-state index is 4.95.